The largest absolute Gasteiger partial charge is 0.300 e. The van der Waals surface area contributed by atoms with Crippen LogP contribution in [0.3, 0.4) is 0 Å². The van der Waals surface area contributed by atoms with Gasteiger partial charge in [-0.05, 0) is 62.7 Å². The van der Waals surface area contributed by atoms with Crippen LogP contribution in [-0.2, 0) is 12.8 Å². The highest BCUT2D eigenvalue weighted by atomic mass is 15.2. The van der Waals surface area contributed by atoms with Crippen molar-refractivity contribution in [2.75, 3.05) is 13.1 Å². The zero-order chi connectivity index (χ0) is 14.8. The first-order valence-corrected chi connectivity index (χ1v) is 8.24. The highest BCUT2D eigenvalue weighted by Crippen LogP contribution is 2.25. The second-order valence-electron chi connectivity index (χ2n) is 5.26. The summed E-state index contributed by atoms with van der Waals surface area (Å²) < 4.78 is 0. The normalized spacial score (nSPS) is 21.6. The first kappa shape index (κ1) is 17.0. The summed E-state index contributed by atoms with van der Waals surface area (Å²) in [7, 11) is 0. The number of rotatable bonds is 1. The lowest BCUT2D eigenvalue weighted by Crippen LogP contribution is -2.33. The lowest BCUT2D eigenvalue weighted by atomic mass is 10.0. The lowest BCUT2D eigenvalue weighted by Gasteiger charge is -2.26. The fourth-order valence-electron chi connectivity index (χ4n) is 3.30. The highest BCUT2D eigenvalue weighted by Gasteiger charge is 2.24. The van der Waals surface area contributed by atoms with Crippen LogP contribution in [0, 0.1) is 0 Å². The van der Waals surface area contributed by atoms with Gasteiger partial charge in [0.2, 0.25) is 0 Å². The zero-order valence-corrected chi connectivity index (χ0v) is 13.4. The summed E-state index contributed by atoms with van der Waals surface area (Å²) in [4.78, 5) is 2.72. The maximum absolute atomic E-state index is 3.00. The van der Waals surface area contributed by atoms with Gasteiger partial charge >= 0.3 is 0 Å². The zero-order valence-electron chi connectivity index (χ0n) is 13.4. The summed E-state index contributed by atoms with van der Waals surface area (Å²) in [5, 5.41) is 0. The predicted octanol–water partition coefficient (Wildman–Crippen LogP) is 4.86. The van der Waals surface area contributed by atoms with Crippen LogP contribution in [0.4, 0.5) is 0 Å². The van der Waals surface area contributed by atoms with Crippen molar-refractivity contribution in [2.24, 2.45) is 0 Å². The Balaban J connectivity index is 0.000000461. The van der Waals surface area contributed by atoms with E-state index in [0.29, 0.717) is 0 Å². The van der Waals surface area contributed by atoms with E-state index in [1.54, 1.807) is 11.1 Å². The van der Waals surface area contributed by atoms with Crippen molar-refractivity contribution >= 4 is 0 Å². The molecule has 1 nitrogen and oxygen atoms in total. The molecule has 1 aliphatic heterocycles. The molecule has 0 radical (unpaired) electrons. The van der Waals surface area contributed by atoms with Gasteiger partial charge in [0, 0.05) is 6.04 Å². The van der Waals surface area contributed by atoms with Gasteiger partial charge in [0.15, 0.2) is 0 Å². The average Bonchev–Trinajstić information content (AvgIpc) is 2.98. The SMILES string of the molecule is C=C.CC.c1ccc2c(c1)CCCC(N1CCCC1)C2. The number of fused-ring (bicyclic) bond motifs is 1. The van der Waals surface area contributed by atoms with Crippen LogP contribution in [0.1, 0.15) is 50.7 Å². The topological polar surface area (TPSA) is 3.24 Å². The molecule has 0 spiro atoms. The molecular formula is C19H31N. The van der Waals surface area contributed by atoms with E-state index in [2.05, 4.69) is 42.3 Å². The fraction of sp³-hybridized carbons (Fsp3) is 0.579. The molecule has 0 bridgehead atoms. The summed E-state index contributed by atoms with van der Waals surface area (Å²) >= 11 is 0. The van der Waals surface area contributed by atoms with Crippen molar-refractivity contribution in [3.8, 4) is 0 Å². The van der Waals surface area contributed by atoms with Gasteiger partial charge in [0.1, 0.15) is 0 Å². The molecular weight excluding hydrogens is 242 g/mol. The van der Waals surface area contributed by atoms with Gasteiger partial charge in [0.05, 0.1) is 0 Å². The summed E-state index contributed by atoms with van der Waals surface area (Å²) in [6.45, 7) is 12.7. The molecule has 0 saturated carbocycles. The Morgan fingerprint density at radius 2 is 1.55 bits per heavy atom. The molecule has 20 heavy (non-hydrogen) atoms. The van der Waals surface area contributed by atoms with Crippen molar-refractivity contribution in [1.29, 1.82) is 0 Å². The molecule has 1 fully saturated rings. The first-order chi connectivity index (χ1) is 9.93. The van der Waals surface area contributed by atoms with Gasteiger partial charge in [-0.15, -0.1) is 13.2 Å². The predicted molar refractivity (Wildman–Crippen MR) is 90.3 cm³/mol. The molecule has 2 aliphatic rings. The number of hydrogen-bond acceptors (Lipinski definition) is 1. The van der Waals surface area contributed by atoms with E-state index in [4.69, 9.17) is 0 Å². The number of aryl methyl sites for hydroxylation is 1. The van der Waals surface area contributed by atoms with E-state index in [1.807, 2.05) is 13.8 Å². The number of nitrogens with zero attached hydrogens (tertiary/aromatic N) is 1. The van der Waals surface area contributed by atoms with Crippen molar-refractivity contribution < 1.29 is 0 Å². The Kier molecular flexibility index (Phi) is 8.29. The van der Waals surface area contributed by atoms with E-state index < -0.39 is 0 Å². The third kappa shape index (κ3) is 4.49. The van der Waals surface area contributed by atoms with Gasteiger partial charge in [-0.25, -0.2) is 0 Å². The number of hydrogen-bond donors (Lipinski definition) is 0. The Morgan fingerprint density at radius 1 is 0.950 bits per heavy atom. The maximum Gasteiger partial charge on any atom is 0.0136 e. The standard InChI is InChI=1S/C15H21N.C2H6.C2H4/c1-2-7-14-12-15(16-10-3-4-11-16)9-5-8-13(14)6-1;2*1-2/h1-2,6-7,15H,3-5,8-12H2;1-2H3;1-2H2. The highest BCUT2D eigenvalue weighted by molar-refractivity contribution is 5.29. The van der Waals surface area contributed by atoms with Gasteiger partial charge in [-0.2, -0.15) is 0 Å². The molecule has 1 aromatic rings. The van der Waals surface area contributed by atoms with Gasteiger partial charge in [-0.3, -0.25) is 0 Å². The smallest absolute Gasteiger partial charge is 0.0136 e. The summed E-state index contributed by atoms with van der Waals surface area (Å²) in [6.07, 6.45) is 8.18. The molecule has 0 aromatic heterocycles. The van der Waals surface area contributed by atoms with Crippen LogP contribution in [0.2, 0.25) is 0 Å². The minimum Gasteiger partial charge on any atom is -0.300 e. The molecule has 3 rings (SSSR count). The molecule has 1 aromatic carbocycles. The number of likely N-dealkylation sites (tertiary alicyclic amines) is 1. The van der Waals surface area contributed by atoms with Gasteiger partial charge in [-0.1, -0.05) is 38.1 Å². The Hall–Kier alpha value is -1.08. The Bertz CT molecular complexity index is 366. The van der Waals surface area contributed by atoms with E-state index in [0.717, 1.165) is 6.04 Å². The van der Waals surface area contributed by atoms with Crippen LogP contribution < -0.4 is 0 Å². The van der Waals surface area contributed by atoms with Crippen molar-refractivity contribution in [1.82, 2.24) is 4.90 Å². The minimum atomic E-state index is 0.825. The van der Waals surface area contributed by atoms with Crippen LogP contribution in [0.5, 0.6) is 0 Å². The fourth-order valence-corrected chi connectivity index (χ4v) is 3.30. The van der Waals surface area contributed by atoms with Crippen LogP contribution in [0.25, 0.3) is 0 Å². The second-order valence-corrected chi connectivity index (χ2v) is 5.26. The Morgan fingerprint density at radius 3 is 2.20 bits per heavy atom. The first-order valence-electron chi connectivity index (χ1n) is 8.24. The van der Waals surface area contributed by atoms with Gasteiger partial charge < -0.3 is 4.90 Å². The molecule has 0 amide bonds. The number of benzene rings is 1. The Labute approximate surface area is 125 Å². The molecule has 0 N–H and O–H groups in total. The van der Waals surface area contributed by atoms with Crippen LogP contribution >= 0.6 is 0 Å². The summed E-state index contributed by atoms with van der Waals surface area (Å²) in [5.74, 6) is 0. The monoisotopic (exact) mass is 273 g/mol. The molecule has 1 saturated heterocycles. The van der Waals surface area contributed by atoms with E-state index in [1.165, 1.54) is 51.6 Å². The lowest BCUT2D eigenvalue weighted by molar-refractivity contribution is 0.229. The van der Waals surface area contributed by atoms with E-state index in [9.17, 15) is 0 Å². The van der Waals surface area contributed by atoms with Crippen LogP contribution in [-0.4, -0.2) is 24.0 Å². The molecule has 112 valence electrons. The third-order valence-electron chi connectivity index (χ3n) is 4.21. The summed E-state index contributed by atoms with van der Waals surface area (Å²) in [5.41, 5.74) is 3.21. The molecule has 1 heterocycles. The van der Waals surface area contributed by atoms with Gasteiger partial charge in [0.25, 0.3) is 0 Å². The van der Waals surface area contributed by atoms with Crippen molar-refractivity contribution in [3.63, 3.8) is 0 Å². The quantitative estimate of drug-likeness (QED) is 0.522. The maximum atomic E-state index is 3.00. The molecule has 1 aliphatic carbocycles. The van der Waals surface area contributed by atoms with Crippen LogP contribution in [0.15, 0.2) is 37.4 Å². The second kappa shape index (κ2) is 9.77. The van der Waals surface area contributed by atoms with E-state index >= 15 is 0 Å². The summed E-state index contributed by atoms with van der Waals surface area (Å²) in [6, 6.07) is 9.87. The minimum absolute atomic E-state index is 0.825. The van der Waals surface area contributed by atoms with E-state index in [-0.39, 0.29) is 0 Å². The van der Waals surface area contributed by atoms with Crippen molar-refractivity contribution in [3.05, 3.63) is 48.6 Å². The molecule has 1 unspecified atom stereocenters. The molecule has 1 atom stereocenters. The molecule has 1 heteroatoms. The average molecular weight is 273 g/mol. The third-order valence-corrected chi connectivity index (χ3v) is 4.21. The van der Waals surface area contributed by atoms with Crippen molar-refractivity contribution in [2.45, 2.75) is 58.4 Å².